The first-order valence-electron chi connectivity index (χ1n) is 5.57. The highest BCUT2D eigenvalue weighted by atomic mass is 35.5. The molecule has 0 bridgehead atoms. The number of hydrogen-bond donors (Lipinski definition) is 2. The standard InChI is InChI=1S/C11H16ClN3O/c1-7-10(12)13-6-14-11(7)15-9-4-2-3-8(9)5-16/h6,8-9,16H,2-5H2,1H3,(H,13,14,15). The van der Waals surface area contributed by atoms with Crippen LogP contribution in [0.25, 0.3) is 0 Å². The van der Waals surface area contributed by atoms with E-state index in [1.807, 2.05) is 6.92 Å². The minimum absolute atomic E-state index is 0.232. The van der Waals surface area contributed by atoms with E-state index in [0.29, 0.717) is 17.1 Å². The molecule has 1 aliphatic rings. The summed E-state index contributed by atoms with van der Waals surface area (Å²) in [6.45, 7) is 2.13. The van der Waals surface area contributed by atoms with Crippen LogP contribution in [0, 0.1) is 12.8 Å². The fraction of sp³-hybridized carbons (Fsp3) is 0.636. The SMILES string of the molecule is Cc1c(Cl)ncnc1NC1CCCC1CO. The lowest BCUT2D eigenvalue weighted by molar-refractivity contribution is 0.222. The largest absolute Gasteiger partial charge is 0.396 e. The van der Waals surface area contributed by atoms with Gasteiger partial charge < -0.3 is 10.4 Å². The third-order valence-electron chi connectivity index (χ3n) is 3.24. The highest BCUT2D eigenvalue weighted by Gasteiger charge is 2.27. The molecule has 1 heterocycles. The molecule has 2 atom stereocenters. The summed E-state index contributed by atoms with van der Waals surface area (Å²) < 4.78 is 0. The van der Waals surface area contributed by atoms with Gasteiger partial charge in [-0.25, -0.2) is 9.97 Å². The molecule has 88 valence electrons. The Balaban J connectivity index is 2.11. The van der Waals surface area contributed by atoms with Crippen LogP contribution in [-0.2, 0) is 0 Å². The molecule has 2 rings (SSSR count). The maximum absolute atomic E-state index is 9.24. The maximum Gasteiger partial charge on any atom is 0.137 e. The molecule has 1 fully saturated rings. The zero-order chi connectivity index (χ0) is 11.5. The molecule has 1 aliphatic carbocycles. The summed E-state index contributed by atoms with van der Waals surface area (Å²) in [5.74, 6) is 1.11. The average Bonchev–Trinajstić information content (AvgIpc) is 2.72. The Morgan fingerprint density at radius 1 is 1.50 bits per heavy atom. The Labute approximate surface area is 100 Å². The van der Waals surface area contributed by atoms with Gasteiger partial charge in [-0.15, -0.1) is 0 Å². The van der Waals surface area contributed by atoms with Crippen molar-refractivity contribution in [1.82, 2.24) is 9.97 Å². The van der Waals surface area contributed by atoms with Crippen LogP contribution in [0.4, 0.5) is 5.82 Å². The van der Waals surface area contributed by atoms with Crippen molar-refractivity contribution in [3.05, 3.63) is 17.0 Å². The van der Waals surface area contributed by atoms with Crippen LogP contribution in [0.15, 0.2) is 6.33 Å². The Hall–Kier alpha value is -0.870. The van der Waals surface area contributed by atoms with Gasteiger partial charge in [0.05, 0.1) is 0 Å². The van der Waals surface area contributed by atoms with Crippen molar-refractivity contribution in [2.24, 2.45) is 5.92 Å². The second-order valence-corrected chi connectivity index (χ2v) is 4.62. The monoisotopic (exact) mass is 241 g/mol. The first-order chi connectivity index (χ1) is 7.72. The summed E-state index contributed by atoms with van der Waals surface area (Å²) in [5.41, 5.74) is 0.868. The van der Waals surface area contributed by atoms with E-state index in [1.165, 1.54) is 6.33 Å². The summed E-state index contributed by atoms with van der Waals surface area (Å²) in [6, 6.07) is 0.301. The summed E-state index contributed by atoms with van der Waals surface area (Å²) in [4.78, 5) is 8.10. The first-order valence-corrected chi connectivity index (χ1v) is 5.94. The van der Waals surface area contributed by atoms with Crippen LogP contribution in [-0.4, -0.2) is 27.7 Å². The molecule has 0 spiro atoms. The summed E-state index contributed by atoms with van der Waals surface area (Å²) in [7, 11) is 0. The average molecular weight is 242 g/mol. The topological polar surface area (TPSA) is 58.0 Å². The van der Waals surface area contributed by atoms with Crippen LogP contribution in [0.1, 0.15) is 24.8 Å². The quantitative estimate of drug-likeness (QED) is 0.795. The normalized spacial score (nSPS) is 24.7. The predicted molar refractivity (Wildman–Crippen MR) is 63.6 cm³/mol. The van der Waals surface area contributed by atoms with E-state index in [1.54, 1.807) is 0 Å². The number of anilines is 1. The van der Waals surface area contributed by atoms with Crippen molar-refractivity contribution in [2.75, 3.05) is 11.9 Å². The third-order valence-corrected chi connectivity index (χ3v) is 3.62. The van der Waals surface area contributed by atoms with E-state index in [-0.39, 0.29) is 6.61 Å². The zero-order valence-corrected chi connectivity index (χ0v) is 10.0. The highest BCUT2D eigenvalue weighted by molar-refractivity contribution is 6.30. The Morgan fingerprint density at radius 3 is 3.06 bits per heavy atom. The minimum Gasteiger partial charge on any atom is -0.396 e. The van der Waals surface area contributed by atoms with Crippen molar-refractivity contribution in [3.8, 4) is 0 Å². The Kier molecular flexibility index (Phi) is 3.61. The molecule has 0 aromatic carbocycles. The molecule has 2 unspecified atom stereocenters. The lowest BCUT2D eigenvalue weighted by Crippen LogP contribution is -2.27. The second-order valence-electron chi connectivity index (χ2n) is 4.26. The number of nitrogens with one attached hydrogen (secondary N) is 1. The van der Waals surface area contributed by atoms with Crippen LogP contribution in [0.5, 0.6) is 0 Å². The van der Waals surface area contributed by atoms with E-state index >= 15 is 0 Å². The molecule has 4 nitrogen and oxygen atoms in total. The molecule has 0 radical (unpaired) electrons. The van der Waals surface area contributed by atoms with Gasteiger partial charge in [0, 0.05) is 24.1 Å². The van der Waals surface area contributed by atoms with E-state index in [9.17, 15) is 5.11 Å². The van der Waals surface area contributed by atoms with Crippen molar-refractivity contribution in [2.45, 2.75) is 32.2 Å². The molecule has 1 aromatic rings. The predicted octanol–water partition coefficient (Wildman–Crippen LogP) is 2.01. The fourth-order valence-electron chi connectivity index (χ4n) is 2.20. The zero-order valence-electron chi connectivity index (χ0n) is 9.28. The smallest absolute Gasteiger partial charge is 0.137 e. The van der Waals surface area contributed by atoms with E-state index in [4.69, 9.17) is 11.6 Å². The summed E-state index contributed by atoms with van der Waals surface area (Å²) >= 11 is 5.93. The Morgan fingerprint density at radius 2 is 2.31 bits per heavy atom. The molecule has 0 amide bonds. The Bertz CT molecular complexity index is 372. The van der Waals surface area contributed by atoms with Gasteiger partial charge in [-0.3, -0.25) is 0 Å². The van der Waals surface area contributed by atoms with Gasteiger partial charge in [-0.2, -0.15) is 0 Å². The van der Waals surface area contributed by atoms with Gasteiger partial charge in [0.1, 0.15) is 17.3 Å². The molecule has 2 N–H and O–H groups in total. The molecular weight excluding hydrogens is 226 g/mol. The fourth-order valence-corrected chi connectivity index (χ4v) is 2.33. The molecule has 1 saturated carbocycles. The lowest BCUT2D eigenvalue weighted by atomic mass is 10.1. The number of halogens is 1. The van der Waals surface area contributed by atoms with Gasteiger partial charge in [-0.1, -0.05) is 18.0 Å². The van der Waals surface area contributed by atoms with Gasteiger partial charge in [0.15, 0.2) is 0 Å². The van der Waals surface area contributed by atoms with E-state index in [0.717, 1.165) is 30.6 Å². The third kappa shape index (κ3) is 2.28. The first kappa shape index (κ1) is 11.6. The van der Waals surface area contributed by atoms with Gasteiger partial charge in [0.2, 0.25) is 0 Å². The molecule has 5 heteroatoms. The number of aliphatic hydroxyl groups excluding tert-OH is 1. The van der Waals surface area contributed by atoms with E-state index in [2.05, 4.69) is 15.3 Å². The van der Waals surface area contributed by atoms with Crippen molar-refractivity contribution < 1.29 is 5.11 Å². The number of nitrogens with zero attached hydrogens (tertiary/aromatic N) is 2. The number of aliphatic hydroxyl groups is 1. The number of rotatable bonds is 3. The summed E-state index contributed by atoms with van der Waals surface area (Å²) in [6.07, 6.45) is 4.76. The number of aromatic nitrogens is 2. The summed E-state index contributed by atoms with van der Waals surface area (Å²) in [5, 5.41) is 13.1. The molecular formula is C11H16ClN3O. The van der Waals surface area contributed by atoms with Crippen LogP contribution < -0.4 is 5.32 Å². The molecule has 1 aromatic heterocycles. The van der Waals surface area contributed by atoms with Gasteiger partial charge in [-0.05, 0) is 19.8 Å². The second kappa shape index (κ2) is 4.97. The van der Waals surface area contributed by atoms with Gasteiger partial charge in [0.25, 0.3) is 0 Å². The lowest BCUT2D eigenvalue weighted by Gasteiger charge is -2.20. The minimum atomic E-state index is 0.232. The van der Waals surface area contributed by atoms with Gasteiger partial charge >= 0.3 is 0 Å². The van der Waals surface area contributed by atoms with Crippen molar-refractivity contribution in [3.63, 3.8) is 0 Å². The number of hydrogen-bond acceptors (Lipinski definition) is 4. The highest BCUT2D eigenvalue weighted by Crippen LogP contribution is 2.29. The molecule has 0 saturated heterocycles. The molecule has 0 aliphatic heterocycles. The van der Waals surface area contributed by atoms with E-state index < -0.39 is 0 Å². The van der Waals surface area contributed by atoms with Crippen LogP contribution in [0.3, 0.4) is 0 Å². The molecule has 16 heavy (non-hydrogen) atoms. The van der Waals surface area contributed by atoms with Crippen molar-refractivity contribution >= 4 is 17.4 Å². The van der Waals surface area contributed by atoms with Crippen molar-refractivity contribution in [1.29, 1.82) is 0 Å². The van der Waals surface area contributed by atoms with Crippen LogP contribution in [0.2, 0.25) is 5.15 Å². The maximum atomic E-state index is 9.24. The van der Waals surface area contributed by atoms with Crippen LogP contribution >= 0.6 is 11.6 Å².